The Kier molecular flexibility index (Phi) is 8.55. The quantitative estimate of drug-likeness (QED) is 0.708. The van der Waals surface area contributed by atoms with Crippen LogP contribution in [0.15, 0.2) is 24.3 Å². The van der Waals surface area contributed by atoms with E-state index in [1.165, 1.54) is 6.92 Å². The van der Waals surface area contributed by atoms with Crippen LogP contribution in [0.5, 0.6) is 0 Å². The van der Waals surface area contributed by atoms with Gasteiger partial charge in [0, 0.05) is 51.7 Å². The zero-order valence-electron chi connectivity index (χ0n) is 13.1. The third-order valence-electron chi connectivity index (χ3n) is 3.23. The van der Waals surface area contributed by atoms with Crippen molar-refractivity contribution < 1.29 is 14.3 Å². The maximum atomic E-state index is 11.8. The molecule has 0 heterocycles. The number of nitrogens with zero attached hydrogens (tertiary/aromatic N) is 1. The van der Waals surface area contributed by atoms with Crippen molar-refractivity contribution in [2.75, 3.05) is 26.8 Å². The zero-order chi connectivity index (χ0) is 16.4. The number of rotatable bonds is 9. The lowest BCUT2D eigenvalue weighted by Crippen LogP contribution is -2.34. The summed E-state index contributed by atoms with van der Waals surface area (Å²) < 4.78 is 4.97. The fourth-order valence-corrected chi connectivity index (χ4v) is 2.08. The predicted octanol–water partition coefficient (Wildman–Crippen LogP) is 2.23. The van der Waals surface area contributed by atoms with Crippen LogP contribution in [0, 0.1) is 0 Å². The number of hydrogen-bond acceptors (Lipinski definition) is 3. The highest BCUT2D eigenvalue weighted by atomic mass is 35.5. The van der Waals surface area contributed by atoms with Gasteiger partial charge in [-0.25, -0.2) is 0 Å². The summed E-state index contributed by atoms with van der Waals surface area (Å²) in [5.74, 6) is -0.102. The van der Waals surface area contributed by atoms with Gasteiger partial charge in [-0.2, -0.15) is 0 Å². The number of carbonyl (C=O) groups is 2. The van der Waals surface area contributed by atoms with Gasteiger partial charge in [-0.05, 0) is 24.1 Å². The first-order valence-electron chi connectivity index (χ1n) is 7.28. The number of benzene rings is 1. The predicted molar refractivity (Wildman–Crippen MR) is 86.7 cm³/mol. The van der Waals surface area contributed by atoms with Gasteiger partial charge in [0.1, 0.15) is 0 Å². The Balaban J connectivity index is 2.30. The molecule has 0 bridgehead atoms. The third kappa shape index (κ3) is 7.43. The summed E-state index contributed by atoms with van der Waals surface area (Å²) in [6.07, 6.45) is 1.06. The van der Waals surface area contributed by atoms with Crippen LogP contribution in [0.25, 0.3) is 0 Å². The third-order valence-corrected chi connectivity index (χ3v) is 3.49. The standard InChI is InChI=1S/C16H23ClN2O3/c1-13(20)19(9-3-11-22-2)10-8-16(21)18-12-14-4-6-15(17)7-5-14/h4-7H,3,8-12H2,1-2H3,(H,18,21). The van der Waals surface area contributed by atoms with Crippen molar-refractivity contribution in [3.05, 3.63) is 34.9 Å². The van der Waals surface area contributed by atoms with E-state index in [-0.39, 0.29) is 11.8 Å². The largest absolute Gasteiger partial charge is 0.385 e. The Morgan fingerprint density at radius 1 is 1.23 bits per heavy atom. The summed E-state index contributed by atoms with van der Waals surface area (Å²) in [7, 11) is 1.63. The monoisotopic (exact) mass is 326 g/mol. The first-order chi connectivity index (χ1) is 10.5. The fraction of sp³-hybridized carbons (Fsp3) is 0.500. The summed E-state index contributed by atoms with van der Waals surface area (Å²) in [5.41, 5.74) is 0.987. The van der Waals surface area contributed by atoms with Crippen molar-refractivity contribution in [1.29, 1.82) is 0 Å². The Bertz CT molecular complexity index is 477. The molecule has 0 saturated carbocycles. The molecule has 0 unspecified atom stereocenters. The molecular weight excluding hydrogens is 304 g/mol. The number of nitrogens with one attached hydrogen (secondary N) is 1. The molecule has 0 fully saturated rings. The van der Waals surface area contributed by atoms with E-state index in [9.17, 15) is 9.59 Å². The molecule has 122 valence electrons. The summed E-state index contributed by atoms with van der Waals surface area (Å²) in [6, 6.07) is 7.32. The lowest BCUT2D eigenvalue weighted by Gasteiger charge is -2.20. The fourth-order valence-electron chi connectivity index (χ4n) is 1.95. The molecule has 1 rings (SSSR count). The minimum Gasteiger partial charge on any atom is -0.385 e. The number of carbonyl (C=O) groups excluding carboxylic acids is 2. The number of ether oxygens (including phenoxy) is 1. The van der Waals surface area contributed by atoms with Gasteiger partial charge in [0.2, 0.25) is 11.8 Å². The van der Waals surface area contributed by atoms with Gasteiger partial charge in [0.15, 0.2) is 0 Å². The molecule has 0 saturated heterocycles. The van der Waals surface area contributed by atoms with Crippen LogP contribution >= 0.6 is 11.6 Å². The summed E-state index contributed by atoms with van der Waals surface area (Å²) in [6.45, 7) is 3.60. The summed E-state index contributed by atoms with van der Waals surface area (Å²) in [5, 5.41) is 3.50. The Hall–Kier alpha value is -1.59. The van der Waals surface area contributed by atoms with Gasteiger partial charge in [0.05, 0.1) is 0 Å². The molecule has 0 radical (unpaired) electrons. The van der Waals surface area contributed by atoms with Gasteiger partial charge in [0.25, 0.3) is 0 Å². The van der Waals surface area contributed by atoms with Gasteiger partial charge >= 0.3 is 0 Å². The van der Waals surface area contributed by atoms with Crippen LogP contribution in [-0.2, 0) is 20.9 Å². The van der Waals surface area contributed by atoms with E-state index in [1.54, 1.807) is 24.1 Å². The van der Waals surface area contributed by atoms with Crippen LogP contribution in [-0.4, -0.2) is 43.5 Å². The molecular formula is C16H23ClN2O3. The van der Waals surface area contributed by atoms with Crippen LogP contribution < -0.4 is 5.32 Å². The summed E-state index contributed by atoms with van der Waals surface area (Å²) in [4.78, 5) is 25.0. The topological polar surface area (TPSA) is 58.6 Å². The van der Waals surface area contributed by atoms with E-state index in [0.717, 1.165) is 12.0 Å². The van der Waals surface area contributed by atoms with Crippen LogP contribution in [0.2, 0.25) is 5.02 Å². The Morgan fingerprint density at radius 2 is 1.91 bits per heavy atom. The number of hydrogen-bond donors (Lipinski definition) is 1. The number of methoxy groups -OCH3 is 1. The highest BCUT2D eigenvalue weighted by molar-refractivity contribution is 6.30. The van der Waals surface area contributed by atoms with Crippen molar-refractivity contribution >= 4 is 23.4 Å². The van der Waals surface area contributed by atoms with Gasteiger partial charge in [-0.1, -0.05) is 23.7 Å². The van der Waals surface area contributed by atoms with Crippen molar-refractivity contribution in [3.8, 4) is 0 Å². The van der Waals surface area contributed by atoms with Crippen LogP contribution in [0.3, 0.4) is 0 Å². The van der Waals surface area contributed by atoms with Gasteiger partial charge < -0.3 is 15.0 Å². The van der Waals surface area contributed by atoms with E-state index >= 15 is 0 Å². The maximum Gasteiger partial charge on any atom is 0.222 e. The molecule has 0 atom stereocenters. The minimum atomic E-state index is -0.0760. The molecule has 1 aromatic carbocycles. The van der Waals surface area contributed by atoms with E-state index in [2.05, 4.69) is 5.32 Å². The average molecular weight is 327 g/mol. The van der Waals surface area contributed by atoms with Crippen molar-refractivity contribution in [1.82, 2.24) is 10.2 Å². The molecule has 0 aliphatic heterocycles. The molecule has 1 N–H and O–H groups in total. The number of amides is 2. The van der Waals surface area contributed by atoms with E-state index in [4.69, 9.17) is 16.3 Å². The molecule has 0 aromatic heterocycles. The molecule has 5 nitrogen and oxygen atoms in total. The molecule has 0 aliphatic carbocycles. The first kappa shape index (κ1) is 18.5. The highest BCUT2D eigenvalue weighted by Gasteiger charge is 2.10. The second-order valence-corrected chi connectivity index (χ2v) is 5.44. The van der Waals surface area contributed by atoms with Crippen LogP contribution in [0.4, 0.5) is 0 Å². The minimum absolute atomic E-state index is 0.0263. The average Bonchev–Trinajstić information content (AvgIpc) is 2.49. The maximum absolute atomic E-state index is 11.8. The normalized spacial score (nSPS) is 10.3. The Morgan fingerprint density at radius 3 is 2.50 bits per heavy atom. The molecule has 6 heteroatoms. The molecule has 0 aliphatic rings. The van der Waals surface area contributed by atoms with E-state index in [0.29, 0.717) is 37.7 Å². The lowest BCUT2D eigenvalue weighted by molar-refractivity contribution is -0.129. The first-order valence-corrected chi connectivity index (χ1v) is 7.66. The van der Waals surface area contributed by atoms with Gasteiger partial charge in [-0.15, -0.1) is 0 Å². The van der Waals surface area contributed by atoms with Crippen molar-refractivity contribution in [3.63, 3.8) is 0 Å². The van der Waals surface area contributed by atoms with Crippen LogP contribution in [0.1, 0.15) is 25.3 Å². The highest BCUT2D eigenvalue weighted by Crippen LogP contribution is 2.09. The van der Waals surface area contributed by atoms with Crippen molar-refractivity contribution in [2.24, 2.45) is 0 Å². The molecule has 1 aromatic rings. The zero-order valence-corrected chi connectivity index (χ0v) is 13.9. The SMILES string of the molecule is COCCCN(CCC(=O)NCc1ccc(Cl)cc1)C(C)=O. The molecule has 0 spiro atoms. The lowest BCUT2D eigenvalue weighted by atomic mass is 10.2. The number of halogens is 1. The molecule has 22 heavy (non-hydrogen) atoms. The smallest absolute Gasteiger partial charge is 0.222 e. The Labute approximate surface area is 136 Å². The van der Waals surface area contributed by atoms with E-state index < -0.39 is 0 Å². The van der Waals surface area contributed by atoms with Crippen molar-refractivity contribution in [2.45, 2.75) is 26.3 Å². The molecule has 2 amide bonds. The van der Waals surface area contributed by atoms with Gasteiger partial charge in [-0.3, -0.25) is 9.59 Å². The second-order valence-electron chi connectivity index (χ2n) is 5.01. The van der Waals surface area contributed by atoms with E-state index in [1.807, 2.05) is 12.1 Å². The second kappa shape index (κ2) is 10.2. The summed E-state index contributed by atoms with van der Waals surface area (Å²) >= 11 is 5.81.